The van der Waals surface area contributed by atoms with Crippen molar-refractivity contribution in [2.75, 3.05) is 18.1 Å². The summed E-state index contributed by atoms with van der Waals surface area (Å²) in [6.07, 6.45) is 3.12. The van der Waals surface area contributed by atoms with Crippen LogP contribution in [0.4, 0.5) is 10.5 Å². The number of carbonyl (C=O) groups excluding carboxylic acids is 1. The van der Waals surface area contributed by atoms with Crippen molar-refractivity contribution in [3.8, 4) is 17.0 Å². The number of anilines is 1. The van der Waals surface area contributed by atoms with Crippen LogP contribution < -0.4 is 9.64 Å². The molecule has 0 saturated heterocycles. The number of carbonyl (C=O) groups is 1. The van der Waals surface area contributed by atoms with E-state index < -0.39 is 11.7 Å². The molecule has 0 spiro atoms. The molecule has 0 saturated carbocycles. The first-order valence-electron chi connectivity index (χ1n) is 9.41. The van der Waals surface area contributed by atoms with Crippen LogP contribution in [0.15, 0.2) is 36.7 Å². The van der Waals surface area contributed by atoms with Crippen LogP contribution in [0.3, 0.4) is 0 Å². The largest absolute Gasteiger partial charge is 0.474 e. The summed E-state index contributed by atoms with van der Waals surface area (Å²) in [7, 11) is 0. The summed E-state index contributed by atoms with van der Waals surface area (Å²) < 4.78 is 11.3. The summed E-state index contributed by atoms with van der Waals surface area (Å²) in [5, 5.41) is 2.43. The van der Waals surface area contributed by atoms with Gasteiger partial charge in [-0.2, -0.15) is 0 Å². The minimum absolute atomic E-state index is 0.375. The van der Waals surface area contributed by atoms with Gasteiger partial charge < -0.3 is 9.47 Å². The van der Waals surface area contributed by atoms with Crippen LogP contribution in [0.1, 0.15) is 26.3 Å². The molecule has 7 heteroatoms. The van der Waals surface area contributed by atoms with Gasteiger partial charge in [0.1, 0.15) is 23.0 Å². The first-order valence-corrected chi connectivity index (χ1v) is 9.79. The number of ether oxygens (including phenoxy) is 2. The first kappa shape index (κ1) is 19.5. The average molecular weight is 412 g/mol. The molecule has 1 aromatic carbocycles. The van der Waals surface area contributed by atoms with Crippen molar-refractivity contribution in [1.29, 1.82) is 0 Å². The maximum Gasteiger partial charge on any atom is 0.415 e. The highest BCUT2D eigenvalue weighted by Gasteiger charge is 2.31. The predicted molar refractivity (Wildman–Crippen MR) is 114 cm³/mol. The number of fused-ring (bicyclic) bond motifs is 2. The van der Waals surface area contributed by atoms with E-state index in [1.54, 1.807) is 17.3 Å². The Hall–Kier alpha value is -2.86. The summed E-state index contributed by atoms with van der Waals surface area (Å²) in [6, 6.07) is 7.88. The molecule has 0 bridgehead atoms. The van der Waals surface area contributed by atoms with Gasteiger partial charge in [-0.1, -0.05) is 23.7 Å². The van der Waals surface area contributed by atoms with Gasteiger partial charge in [-0.15, -0.1) is 0 Å². The third kappa shape index (κ3) is 3.85. The molecule has 150 valence electrons. The Balaban J connectivity index is 1.80. The topological polar surface area (TPSA) is 64.6 Å². The fraction of sp³-hybridized carbons (Fsp3) is 0.318. The van der Waals surface area contributed by atoms with Crippen LogP contribution >= 0.6 is 11.6 Å². The van der Waals surface area contributed by atoms with Gasteiger partial charge in [-0.3, -0.25) is 4.90 Å². The zero-order valence-corrected chi connectivity index (χ0v) is 17.6. The molecule has 6 nitrogen and oxygen atoms in total. The maximum absolute atomic E-state index is 12.8. The first-order chi connectivity index (χ1) is 13.7. The number of aromatic nitrogens is 2. The van der Waals surface area contributed by atoms with Crippen molar-refractivity contribution in [1.82, 2.24) is 9.97 Å². The number of nitrogens with zero attached hydrogens (tertiary/aromatic N) is 3. The molecular weight excluding hydrogens is 390 g/mol. The maximum atomic E-state index is 12.8. The third-order valence-electron chi connectivity index (χ3n) is 4.71. The van der Waals surface area contributed by atoms with Gasteiger partial charge in [-0.05, 0) is 56.3 Å². The molecule has 0 radical (unpaired) electrons. The van der Waals surface area contributed by atoms with Gasteiger partial charge in [0.25, 0.3) is 0 Å². The molecule has 0 aliphatic carbocycles. The van der Waals surface area contributed by atoms with Crippen LogP contribution in [0.25, 0.3) is 21.9 Å². The summed E-state index contributed by atoms with van der Waals surface area (Å²) >= 11 is 6.05. The second-order valence-electron chi connectivity index (χ2n) is 8.00. The Morgan fingerprint density at radius 2 is 1.97 bits per heavy atom. The van der Waals surface area contributed by atoms with E-state index in [0.29, 0.717) is 29.9 Å². The lowest BCUT2D eigenvalue weighted by molar-refractivity contribution is 0.0566. The number of pyridine rings is 2. The van der Waals surface area contributed by atoms with Gasteiger partial charge in [0.15, 0.2) is 0 Å². The van der Waals surface area contributed by atoms with Crippen molar-refractivity contribution in [3.05, 3.63) is 47.4 Å². The van der Waals surface area contributed by atoms with E-state index in [1.807, 2.05) is 52.0 Å². The summed E-state index contributed by atoms with van der Waals surface area (Å²) in [6.45, 7) is 8.30. The van der Waals surface area contributed by atoms with Gasteiger partial charge in [0, 0.05) is 23.3 Å². The third-order valence-corrected chi connectivity index (χ3v) is 4.92. The van der Waals surface area contributed by atoms with Crippen LogP contribution in [0.5, 0.6) is 5.88 Å². The van der Waals surface area contributed by atoms with Crippen molar-refractivity contribution in [2.45, 2.75) is 33.3 Å². The summed E-state index contributed by atoms with van der Waals surface area (Å²) in [5.41, 5.74) is 2.86. The van der Waals surface area contributed by atoms with Crippen LogP contribution in [-0.4, -0.2) is 34.8 Å². The molecule has 3 aromatic rings. The number of benzene rings is 1. The van der Waals surface area contributed by atoms with Gasteiger partial charge in [0.2, 0.25) is 5.88 Å². The number of rotatable bonds is 1. The van der Waals surface area contributed by atoms with E-state index >= 15 is 0 Å². The Kier molecular flexibility index (Phi) is 4.82. The molecule has 1 aliphatic heterocycles. The van der Waals surface area contributed by atoms with Gasteiger partial charge in [0.05, 0.1) is 6.54 Å². The second-order valence-corrected chi connectivity index (χ2v) is 8.39. The Bertz CT molecular complexity index is 1110. The normalized spacial score (nSPS) is 13.8. The smallest absolute Gasteiger partial charge is 0.415 e. The highest BCUT2D eigenvalue weighted by Crippen LogP contribution is 2.39. The Morgan fingerprint density at radius 1 is 1.17 bits per heavy atom. The van der Waals surface area contributed by atoms with Crippen LogP contribution in [-0.2, 0) is 4.74 Å². The van der Waals surface area contributed by atoms with E-state index in [1.165, 1.54) is 0 Å². The number of halogens is 1. The van der Waals surface area contributed by atoms with Gasteiger partial charge >= 0.3 is 6.09 Å². The van der Waals surface area contributed by atoms with E-state index in [4.69, 9.17) is 21.1 Å². The molecule has 29 heavy (non-hydrogen) atoms. The molecule has 0 unspecified atom stereocenters. The molecule has 0 fully saturated rings. The lowest BCUT2D eigenvalue weighted by Gasteiger charge is -2.32. The fourth-order valence-electron chi connectivity index (χ4n) is 3.41. The molecule has 1 amide bonds. The van der Waals surface area contributed by atoms with E-state index in [0.717, 1.165) is 27.5 Å². The lowest BCUT2D eigenvalue weighted by Crippen LogP contribution is -2.42. The molecule has 4 rings (SSSR count). The van der Waals surface area contributed by atoms with E-state index in [9.17, 15) is 4.79 Å². The van der Waals surface area contributed by atoms with E-state index in [2.05, 4.69) is 9.97 Å². The molecule has 0 atom stereocenters. The zero-order chi connectivity index (χ0) is 20.8. The van der Waals surface area contributed by atoms with Crippen molar-refractivity contribution < 1.29 is 14.3 Å². The minimum Gasteiger partial charge on any atom is -0.474 e. The molecule has 3 heterocycles. The number of amides is 1. The van der Waals surface area contributed by atoms with Crippen LogP contribution in [0.2, 0.25) is 5.15 Å². The fourth-order valence-corrected chi connectivity index (χ4v) is 3.58. The molecular formula is C22H22ClN3O3. The SMILES string of the molecule is Cc1c(-c2ccc3cnc(Cl)cc3c2)cnc2c1N(C(=O)OC(C)(C)C)CCO2. The molecule has 2 aromatic heterocycles. The predicted octanol–water partition coefficient (Wildman–Crippen LogP) is 5.39. The number of hydrogen-bond donors (Lipinski definition) is 0. The molecule has 0 N–H and O–H groups in total. The Labute approximate surface area is 174 Å². The standard InChI is InChI=1S/C22H22ClN3O3/c1-13-17(14-5-6-15-11-24-18(23)10-16(15)9-14)12-25-20-19(13)26(7-8-28-20)21(27)29-22(2,3)4/h5-6,9-12H,7-8H2,1-4H3. The van der Waals surface area contributed by atoms with Crippen LogP contribution in [0, 0.1) is 6.92 Å². The molecule has 1 aliphatic rings. The van der Waals surface area contributed by atoms with Gasteiger partial charge in [-0.25, -0.2) is 14.8 Å². The van der Waals surface area contributed by atoms with Crippen molar-refractivity contribution >= 4 is 34.2 Å². The lowest BCUT2D eigenvalue weighted by atomic mass is 9.98. The summed E-state index contributed by atoms with van der Waals surface area (Å²) in [5.74, 6) is 0.441. The average Bonchev–Trinajstić information content (AvgIpc) is 2.66. The highest BCUT2D eigenvalue weighted by molar-refractivity contribution is 6.30. The zero-order valence-electron chi connectivity index (χ0n) is 16.8. The quantitative estimate of drug-likeness (QED) is 0.502. The summed E-state index contributed by atoms with van der Waals surface area (Å²) in [4.78, 5) is 23.0. The minimum atomic E-state index is -0.583. The number of hydrogen-bond acceptors (Lipinski definition) is 5. The van der Waals surface area contributed by atoms with E-state index in [-0.39, 0.29) is 0 Å². The highest BCUT2D eigenvalue weighted by atomic mass is 35.5. The Morgan fingerprint density at radius 3 is 2.72 bits per heavy atom. The van der Waals surface area contributed by atoms with Crippen molar-refractivity contribution in [2.24, 2.45) is 0 Å². The second kappa shape index (κ2) is 7.19. The monoisotopic (exact) mass is 411 g/mol. The van der Waals surface area contributed by atoms with Crippen molar-refractivity contribution in [3.63, 3.8) is 0 Å².